The lowest BCUT2D eigenvalue weighted by molar-refractivity contribution is -0.137. The maximum absolute atomic E-state index is 12.4. The van der Waals surface area contributed by atoms with Gasteiger partial charge in [-0.2, -0.15) is 18.4 Å². The monoisotopic (exact) mass is 213 g/mol. The van der Waals surface area contributed by atoms with Crippen molar-refractivity contribution in [1.29, 1.82) is 5.26 Å². The quantitative estimate of drug-likeness (QED) is 0.737. The van der Waals surface area contributed by atoms with Gasteiger partial charge in [0.25, 0.3) is 0 Å². The third kappa shape index (κ3) is 3.28. The van der Waals surface area contributed by atoms with Gasteiger partial charge in [0.05, 0.1) is 11.6 Å². The van der Waals surface area contributed by atoms with Crippen LogP contribution in [0.25, 0.3) is 0 Å². The van der Waals surface area contributed by atoms with E-state index in [9.17, 15) is 13.2 Å². The highest BCUT2D eigenvalue weighted by Gasteiger charge is 2.30. The van der Waals surface area contributed by atoms with Crippen molar-refractivity contribution in [3.63, 3.8) is 0 Å². The van der Waals surface area contributed by atoms with E-state index in [2.05, 4.69) is 0 Å². The first-order valence-electron chi connectivity index (χ1n) is 4.48. The van der Waals surface area contributed by atoms with Gasteiger partial charge in [0.1, 0.15) is 0 Å². The van der Waals surface area contributed by atoms with Crippen LogP contribution in [0.1, 0.15) is 23.1 Å². The van der Waals surface area contributed by atoms with Crippen molar-refractivity contribution in [3.8, 4) is 6.07 Å². The molecule has 1 rings (SSSR count). The van der Waals surface area contributed by atoms with E-state index >= 15 is 0 Å². The maximum atomic E-state index is 12.4. The zero-order chi connectivity index (χ0) is 11.5. The highest BCUT2D eigenvalue weighted by Crippen LogP contribution is 2.30. The van der Waals surface area contributed by atoms with Crippen molar-refractivity contribution in [2.75, 3.05) is 0 Å². The van der Waals surface area contributed by atoms with Gasteiger partial charge < -0.3 is 0 Å². The van der Waals surface area contributed by atoms with Gasteiger partial charge in [0, 0.05) is 6.42 Å². The molecule has 0 heterocycles. The molecule has 0 saturated carbocycles. The number of hydrogen-bond acceptors (Lipinski definition) is 1. The van der Waals surface area contributed by atoms with Crippen molar-refractivity contribution in [1.82, 2.24) is 0 Å². The van der Waals surface area contributed by atoms with Crippen LogP contribution >= 0.6 is 0 Å². The predicted molar refractivity (Wildman–Crippen MR) is 50.1 cm³/mol. The smallest absolute Gasteiger partial charge is 0.198 e. The Morgan fingerprint density at radius 1 is 1.27 bits per heavy atom. The largest absolute Gasteiger partial charge is 0.416 e. The molecule has 0 aliphatic rings. The van der Waals surface area contributed by atoms with Crippen molar-refractivity contribution in [3.05, 3.63) is 34.9 Å². The van der Waals surface area contributed by atoms with Crippen molar-refractivity contribution >= 4 is 0 Å². The van der Waals surface area contributed by atoms with Crippen LogP contribution in [-0.2, 0) is 12.6 Å². The molecule has 15 heavy (non-hydrogen) atoms. The zero-order valence-corrected chi connectivity index (χ0v) is 8.23. The fourth-order valence-corrected chi connectivity index (χ4v) is 1.37. The third-order valence-corrected chi connectivity index (χ3v) is 1.99. The lowest BCUT2D eigenvalue weighted by atomic mass is 10.0. The molecule has 0 N–H and O–H groups in total. The summed E-state index contributed by atoms with van der Waals surface area (Å²) in [5.41, 5.74) is 0.483. The number of halogens is 3. The average Bonchev–Trinajstić information content (AvgIpc) is 2.12. The molecule has 0 atom stereocenters. The standard InChI is InChI=1S/C11H10F3N/c1-8-5-9(3-2-4-15)7-10(6-8)11(12,13)14/h5-7H,2-3H2,1H3. The van der Waals surface area contributed by atoms with Gasteiger partial charge in [-0.3, -0.25) is 0 Å². The molecule has 0 saturated heterocycles. The predicted octanol–water partition coefficient (Wildman–Crippen LogP) is 3.47. The summed E-state index contributed by atoms with van der Waals surface area (Å²) in [4.78, 5) is 0. The van der Waals surface area contributed by atoms with E-state index in [1.54, 1.807) is 13.0 Å². The highest BCUT2D eigenvalue weighted by molar-refractivity contribution is 5.31. The molecule has 1 nitrogen and oxygen atoms in total. The minimum Gasteiger partial charge on any atom is -0.198 e. The fourth-order valence-electron chi connectivity index (χ4n) is 1.37. The van der Waals surface area contributed by atoms with Gasteiger partial charge in [0.15, 0.2) is 0 Å². The van der Waals surface area contributed by atoms with Crippen LogP contribution in [0.4, 0.5) is 13.2 Å². The van der Waals surface area contributed by atoms with E-state index < -0.39 is 11.7 Å². The number of aryl methyl sites for hydroxylation is 2. The summed E-state index contributed by atoms with van der Waals surface area (Å²) >= 11 is 0. The molecular formula is C11H10F3N. The van der Waals surface area contributed by atoms with E-state index in [1.165, 1.54) is 0 Å². The number of hydrogen-bond donors (Lipinski definition) is 0. The summed E-state index contributed by atoms with van der Waals surface area (Å²) in [6.45, 7) is 1.62. The molecule has 0 aliphatic heterocycles. The number of nitrogens with zero attached hydrogens (tertiary/aromatic N) is 1. The van der Waals surface area contributed by atoms with Crippen LogP contribution in [0, 0.1) is 18.3 Å². The lowest BCUT2D eigenvalue weighted by Crippen LogP contribution is -2.06. The number of rotatable bonds is 2. The molecule has 0 unspecified atom stereocenters. The van der Waals surface area contributed by atoms with Gasteiger partial charge >= 0.3 is 6.18 Å². The van der Waals surface area contributed by atoms with E-state index in [1.807, 2.05) is 6.07 Å². The molecule has 0 bridgehead atoms. The molecule has 0 aliphatic carbocycles. The summed E-state index contributed by atoms with van der Waals surface area (Å²) in [5.74, 6) is 0. The van der Waals surface area contributed by atoms with E-state index in [0.29, 0.717) is 17.5 Å². The van der Waals surface area contributed by atoms with Crippen LogP contribution in [0.15, 0.2) is 18.2 Å². The Morgan fingerprint density at radius 3 is 2.47 bits per heavy atom. The second-order valence-corrected chi connectivity index (χ2v) is 3.36. The molecule has 0 radical (unpaired) electrons. The van der Waals surface area contributed by atoms with Gasteiger partial charge in [-0.25, -0.2) is 0 Å². The van der Waals surface area contributed by atoms with E-state index in [4.69, 9.17) is 5.26 Å². The highest BCUT2D eigenvalue weighted by atomic mass is 19.4. The van der Waals surface area contributed by atoms with Gasteiger partial charge in [-0.05, 0) is 31.0 Å². The summed E-state index contributed by atoms with van der Waals surface area (Å²) in [7, 11) is 0. The van der Waals surface area contributed by atoms with Crippen molar-refractivity contribution in [2.24, 2.45) is 0 Å². The molecule has 1 aromatic rings. The Balaban J connectivity index is 3.01. The van der Waals surface area contributed by atoms with Gasteiger partial charge in [-0.1, -0.05) is 11.6 Å². The van der Waals surface area contributed by atoms with Crippen LogP contribution in [0.2, 0.25) is 0 Å². The Kier molecular flexibility index (Phi) is 3.35. The average molecular weight is 213 g/mol. The fraction of sp³-hybridized carbons (Fsp3) is 0.364. The van der Waals surface area contributed by atoms with E-state index in [0.717, 1.165) is 12.1 Å². The Bertz CT molecular complexity index is 388. The molecule has 0 spiro atoms. The molecular weight excluding hydrogens is 203 g/mol. The minimum absolute atomic E-state index is 0.237. The van der Waals surface area contributed by atoms with Crippen LogP contribution in [0.5, 0.6) is 0 Å². The normalized spacial score (nSPS) is 11.1. The summed E-state index contributed by atoms with van der Waals surface area (Å²) in [6, 6.07) is 5.79. The zero-order valence-electron chi connectivity index (χ0n) is 8.23. The number of benzene rings is 1. The molecule has 0 amide bonds. The molecule has 80 valence electrons. The first kappa shape index (κ1) is 11.6. The minimum atomic E-state index is -4.31. The third-order valence-electron chi connectivity index (χ3n) is 1.99. The number of alkyl halides is 3. The molecule has 1 aromatic carbocycles. The van der Waals surface area contributed by atoms with Crippen molar-refractivity contribution < 1.29 is 13.2 Å². The molecule has 0 aromatic heterocycles. The number of nitriles is 1. The molecule has 0 fully saturated rings. The SMILES string of the molecule is Cc1cc(CCC#N)cc(C(F)(F)F)c1. The molecule has 4 heteroatoms. The lowest BCUT2D eigenvalue weighted by Gasteiger charge is -2.09. The second kappa shape index (κ2) is 4.35. The Hall–Kier alpha value is -1.50. The first-order chi connectivity index (χ1) is 6.93. The Morgan fingerprint density at radius 2 is 1.93 bits per heavy atom. The summed E-state index contributed by atoms with van der Waals surface area (Å²) in [6.07, 6.45) is -3.71. The summed E-state index contributed by atoms with van der Waals surface area (Å²) in [5, 5.41) is 8.35. The van der Waals surface area contributed by atoms with Crippen LogP contribution in [-0.4, -0.2) is 0 Å². The van der Waals surface area contributed by atoms with Crippen LogP contribution < -0.4 is 0 Å². The van der Waals surface area contributed by atoms with Crippen molar-refractivity contribution in [2.45, 2.75) is 25.9 Å². The van der Waals surface area contributed by atoms with E-state index in [-0.39, 0.29) is 6.42 Å². The summed E-state index contributed by atoms with van der Waals surface area (Å²) < 4.78 is 37.2. The van der Waals surface area contributed by atoms with Gasteiger partial charge in [0.2, 0.25) is 0 Å². The van der Waals surface area contributed by atoms with Gasteiger partial charge in [-0.15, -0.1) is 0 Å². The maximum Gasteiger partial charge on any atom is 0.416 e. The second-order valence-electron chi connectivity index (χ2n) is 3.36. The van der Waals surface area contributed by atoms with Crippen LogP contribution in [0.3, 0.4) is 0 Å². The first-order valence-corrected chi connectivity index (χ1v) is 4.48. The topological polar surface area (TPSA) is 23.8 Å². The Labute approximate surface area is 86.1 Å².